The Hall–Kier alpha value is -8.72. The summed E-state index contributed by atoms with van der Waals surface area (Å²) >= 11 is 0. The zero-order valence-electron chi connectivity index (χ0n) is 78.3. The number of hydrogen-bond donors (Lipinski definition) is 3. The van der Waals surface area contributed by atoms with Crippen molar-refractivity contribution in [1.29, 1.82) is 5.26 Å². The van der Waals surface area contributed by atoms with Gasteiger partial charge in [-0.3, -0.25) is 62.2 Å². The van der Waals surface area contributed by atoms with Crippen LogP contribution in [0, 0.1) is 124 Å². The molecule has 0 radical (unpaired) electrons. The van der Waals surface area contributed by atoms with E-state index in [1.807, 2.05) is 169 Å². The minimum absolute atomic E-state index is 0.00542. The largest absolute Gasteiger partial charge is 0.469 e. The standard InChI is InChI=1S/C11H19NO2.C10H15N3O.C10H15NO3.C10H15NO2.C9H17NO2.2C9H17NO.C8H12N2O.C8H15NO2.C8H13NO/c1-9(2)10(13)12-7-11(8-12)3-5-14-6-4-11;1-8(2)10(14)12-6-9(7-12)13-5-3-4-11-13;1-5-8(6-9(12)14-4)11-10(13)7(2)3;1-5-9(6-8(4)12)11-10(13)7(2)3;1-7(2)9(11)10-4-8(5-10)6-12-3;2*1-7(2)9(11)10-5-4-8(3)6-10;1-6(2)8(11)10-4-7(3-9)5-10;1-6(2)8(11)9-4-3-7(10)5-9;1-7(2)8(10)9-5-3-4-6-9/h9H,3-8H2,1-2H3;3-5,8-9H,6-7H2,1-2H3;1,7-8H,6H2,2-4H3,(H,11,13);1,7,9H,6H2,2-4H3,(H,11,13);7-8H,4-6H2,1-3H3;2*7-8H,4-6H2,1-3H3;6-7H,4-5H2,1-2H3;6-7,10H,3-5H2,1-2H3;3-4,7H,5-6H2,1-2H3/t;;8-;9-;;2*8-;;7-;/m..00.11.0./s1. The van der Waals surface area contributed by atoms with E-state index in [2.05, 4.69) is 52.2 Å². The molecule has 9 aliphatic heterocycles. The van der Waals surface area contributed by atoms with E-state index in [0.29, 0.717) is 66.6 Å². The second kappa shape index (κ2) is 56.9. The summed E-state index contributed by atoms with van der Waals surface area (Å²) in [5.74, 6) is 8.74. The average Bonchev–Trinajstić information content (AvgIpc) is 1.41. The number of terminal acetylenes is 2. The van der Waals surface area contributed by atoms with Crippen LogP contribution in [0.25, 0.3) is 0 Å². The van der Waals surface area contributed by atoms with E-state index in [9.17, 15) is 57.5 Å². The first-order chi connectivity index (χ1) is 56.6. The third-order valence-electron chi connectivity index (χ3n) is 21.2. The number of aliphatic hydroxyl groups excluding tert-OH is 1. The molecule has 0 bridgehead atoms. The smallest absolute Gasteiger partial charge is 0.308 e. The van der Waals surface area contributed by atoms with Crippen molar-refractivity contribution in [2.75, 3.05) is 139 Å². The molecule has 1 spiro atoms. The number of Topliss-reactive ketones (excluding diaryl/α,β-unsaturated/α-hetero) is 1. The van der Waals surface area contributed by atoms with Gasteiger partial charge in [-0.25, -0.2) is 0 Å². The summed E-state index contributed by atoms with van der Waals surface area (Å²) in [6.07, 6.45) is 23.4. The summed E-state index contributed by atoms with van der Waals surface area (Å²) in [4.78, 5) is 150. The number of carbonyl (C=O) groups excluding carboxylic acids is 12. The minimum Gasteiger partial charge on any atom is -0.469 e. The first kappa shape index (κ1) is 110. The molecule has 10 rings (SSSR count). The molecular formula is C92H155N13O16. The summed E-state index contributed by atoms with van der Waals surface area (Å²) in [7, 11) is 2.98. The molecule has 0 aromatic carbocycles. The van der Waals surface area contributed by atoms with Gasteiger partial charge in [-0.1, -0.05) is 176 Å². The van der Waals surface area contributed by atoms with Crippen molar-refractivity contribution in [2.45, 2.75) is 228 Å². The predicted octanol–water partition coefficient (Wildman–Crippen LogP) is 8.94. The zero-order valence-corrected chi connectivity index (χ0v) is 78.3. The molecule has 1 aromatic rings. The number of esters is 1. The third kappa shape index (κ3) is 41.3. The number of aromatic nitrogens is 2. The van der Waals surface area contributed by atoms with Crippen LogP contribution in [0.15, 0.2) is 30.6 Å². The van der Waals surface area contributed by atoms with Crippen molar-refractivity contribution < 1.29 is 76.9 Å². The van der Waals surface area contributed by atoms with Crippen LogP contribution in [-0.4, -0.2) is 282 Å². The molecule has 121 heavy (non-hydrogen) atoms. The number of β-amino-alcohol motifs (C(OH)–C–C–N with tert-alkyl or cyclic N) is 1. The third-order valence-corrected chi connectivity index (χ3v) is 21.2. The Kier molecular flexibility index (Phi) is 51.8. The number of amides is 10. The van der Waals surface area contributed by atoms with Gasteiger partial charge >= 0.3 is 5.97 Å². The first-order valence-corrected chi connectivity index (χ1v) is 43.8. The van der Waals surface area contributed by atoms with Crippen LogP contribution in [0.2, 0.25) is 0 Å². The Labute approximate surface area is 725 Å². The molecule has 1 aromatic heterocycles. The van der Waals surface area contributed by atoms with Gasteiger partial charge in [0.1, 0.15) is 11.8 Å². The van der Waals surface area contributed by atoms with Gasteiger partial charge in [0.15, 0.2) is 0 Å². The minimum atomic E-state index is -0.586. The second-order valence-electron chi connectivity index (χ2n) is 36.3. The van der Waals surface area contributed by atoms with Crippen molar-refractivity contribution in [1.82, 2.24) is 59.6 Å². The van der Waals surface area contributed by atoms with Gasteiger partial charge in [0, 0.05) is 214 Å². The molecule has 10 heterocycles. The van der Waals surface area contributed by atoms with Gasteiger partial charge in [0.25, 0.3) is 0 Å². The number of nitrogens with one attached hydrogen (secondary N) is 2. The fraction of sp³-hybridized carbons (Fsp3) is 0.761. The molecule has 3 N–H and O–H groups in total. The van der Waals surface area contributed by atoms with E-state index in [-0.39, 0.29) is 131 Å². The molecule has 10 amide bonds. The molecule has 0 saturated carbocycles. The molecule has 0 unspecified atom stereocenters. The molecule has 684 valence electrons. The highest BCUT2D eigenvalue weighted by molar-refractivity contribution is 5.84. The van der Waals surface area contributed by atoms with Crippen molar-refractivity contribution in [3.63, 3.8) is 0 Å². The van der Waals surface area contributed by atoms with E-state index in [4.69, 9.17) is 32.7 Å². The molecular weight excluding hydrogens is 1540 g/mol. The number of hydrogen-bond acceptors (Lipinski definition) is 18. The SMILES string of the molecule is C#C[C@@H](CC(=O)OC)NC(=O)C(C)C.C#C[C@@H](CC(C)=O)NC(=O)C(C)C.CC(C)C(=O)N1CC(C#N)C1.CC(C)C(=O)N1CC(n2cccn2)C1.CC(C)C(=O)N1CC2(CCOCC2)C1.CC(C)C(=O)N1CC=CC1.CC(C)C(=O)N1CC[C@@H](C)C1.CC(C)C(=O)N1CC[C@@H](C)C1.CC(C)C(=O)N1CC[C@H](O)C1.COCC1CN(C(=O)C(C)C)C1. The summed E-state index contributed by atoms with van der Waals surface area (Å²) in [5.41, 5.74) is 0.419. The highest BCUT2D eigenvalue weighted by atomic mass is 16.5. The molecule has 5 atom stereocenters. The summed E-state index contributed by atoms with van der Waals surface area (Å²) in [6.45, 7) is 59.7. The molecule has 29 heteroatoms. The van der Waals surface area contributed by atoms with Crippen molar-refractivity contribution in [3.05, 3.63) is 30.6 Å². The van der Waals surface area contributed by atoms with Gasteiger partial charge in [0.2, 0.25) is 59.1 Å². The lowest BCUT2D eigenvalue weighted by molar-refractivity contribution is -0.153. The normalized spacial score (nSPS) is 19.1. The topological polar surface area (TPSA) is 344 Å². The van der Waals surface area contributed by atoms with Crippen molar-refractivity contribution in [3.8, 4) is 30.8 Å². The van der Waals surface area contributed by atoms with Gasteiger partial charge in [-0.15, -0.1) is 12.8 Å². The second-order valence-corrected chi connectivity index (χ2v) is 36.3. The van der Waals surface area contributed by atoms with Crippen LogP contribution in [-0.2, 0) is 71.7 Å². The molecule has 9 aliphatic rings. The number of ketones is 1. The fourth-order valence-electron chi connectivity index (χ4n) is 13.5. The number of methoxy groups -OCH3 is 2. The van der Waals surface area contributed by atoms with E-state index in [0.717, 1.165) is 124 Å². The van der Waals surface area contributed by atoms with Gasteiger partial charge in [-0.05, 0) is 56.9 Å². The molecule has 8 saturated heterocycles. The lowest BCUT2D eigenvalue weighted by Gasteiger charge is -2.52. The fourth-order valence-corrected chi connectivity index (χ4v) is 13.5. The van der Waals surface area contributed by atoms with Crippen LogP contribution in [0.5, 0.6) is 0 Å². The summed E-state index contributed by atoms with van der Waals surface area (Å²) < 4.78 is 16.7. The van der Waals surface area contributed by atoms with Gasteiger partial charge < -0.3 is 69.1 Å². The summed E-state index contributed by atoms with van der Waals surface area (Å²) in [6, 6.07) is 3.37. The lowest BCUT2D eigenvalue weighted by atomic mass is 9.73. The Morgan fingerprint density at radius 1 is 0.496 bits per heavy atom. The molecule has 29 nitrogen and oxygen atoms in total. The molecule has 0 aliphatic carbocycles. The Morgan fingerprint density at radius 2 is 0.860 bits per heavy atom. The maximum atomic E-state index is 11.6. The van der Waals surface area contributed by atoms with Crippen LogP contribution in [0.1, 0.15) is 210 Å². The predicted molar refractivity (Wildman–Crippen MR) is 470 cm³/mol. The van der Waals surface area contributed by atoms with Crippen LogP contribution >= 0.6 is 0 Å². The Bertz CT molecular complexity index is 3410. The maximum absolute atomic E-state index is 11.6. The quantitative estimate of drug-likeness (QED) is 0.0660. The lowest BCUT2D eigenvalue weighted by Crippen LogP contribution is -2.61. The van der Waals surface area contributed by atoms with E-state index in [1.54, 1.807) is 50.8 Å². The number of likely N-dealkylation sites (tertiary alicyclic amines) is 7. The van der Waals surface area contributed by atoms with Crippen molar-refractivity contribution in [2.24, 2.45) is 88.3 Å². The Balaban J connectivity index is 0.000000673. The van der Waals surface area contributed by atoms with E-state index < -0.39 is 18.1 Å². The van der Waals surface area contributed by atoms with Crippen LogP contribution < -0.4 is 10.6 Å². The highest BCUT2D eigenvalue weighted by Crippen LogP contribution is 2.40. The van der Waals surface area contributed by atoms with Crippen LogP contribution in [0.3, 0.4) is 0 Å². The average molecular weight is 1700 g/mol. The number of nitriles is 1. The highest BCUT2D eigenvalue weighted by Gasteiger charge is 2.46. The Morgan fingerprint density at radius 3 is 1.18 bits per heavy atom. The molecule has 8 fully saturated rings. The van der Waals surface area contributed by atoms with E-state index in [1.165, 1.54) is 26.9 Å². The number of rotatable bonds is 19. The van der Waals surface area contributed by atoms with Gasteiger partial charge in [0.05, 0.1) is 50.3 Å². The van der Waals surface area contributed by atoms with Gasteiger partial charge in [-0.2, -0.15) is 10.4 Å². The first-order valence-electron chi connectivity index (χ1n) is 43.8. The number of carbonyl (C=O) groups is 12. The number of aliphatic hydroxyl groups is 1. The maximum Gasteiger partial charge on any atom is 0.308 e. The summed E-state index contributed by atoms with van der Waals surface area (Å²) in [5, 5.41) is 26.9. The van der Waals surface area contributed by atoms with Crippen LogP contribution in [0.4, 0.5) is 0 Å². The number of nitrogens with zero attached hydrogens (tertiary/aromatic N) is 11. The number of ether oxygens (including phenoxy) is 3. The van der Waals surface area contributed by atoms with E-state index >= 15 is 0 Å². The van der Waals surface area contributed by atoms with Crippen molar-refractivity contribution >= 4 is 70.8 Å². The monoisotopic (exact) mass is 1700 g/mol. The zero-order chi connectivity index (χ0) is 92.3.